The van der Waals surface area contributed by atoms with Crippen molar-refractivity contribution in [1.29, 1.82) is 0 Å². The first-order valence-corrected chi connectivity index (χ1v) is 9.96. The number of hydrogen-bond acceptors (Lipinski definition) is 3. The Morgan fingerprint density at radius 1 is 1.20 bits per heavy atom. The SMILES string of the molecule is NCC1CCN(C(=O)c2cccc(CSc3cc(Cl)cc(Cl)c3)c2)C1. The third kappa shape index (κ3) is 4.91. The highest BCUT2D eigenvalue weighted by Crippen LogP contribution is 2.29. The predicted molar refractivity (Wildman–Crippen MR) is 106 cm³/mol. The van der Waals surface area contributed by atoms with E-state index in [1.165, 1.54) is 0 Å². The summed E-state index contributed by atoms with van der Waals surface area (Å²) in [6, 6.07) is 13.3. The number of rotatable bonds is 5. The van der Waals surface area contributed by atoms with Gasteiger partial charge in [0.1, 0.15) is 0 Å². The zero-order valence-electron chi connectivity index (χ0n) is 13.8. The van der Waals surface area contributed by atoms with Gasteiger partial charge in [0.25, 0.3) is 5.91 Å². The quantitative estimate of drug-likeness (QED) is 0.746. The molecule has 132 valence electrons. The van der Waals surface area contributed by atoms with E-state index in [9.17, 15) is 4.79 Å². The molecular formula is C19H20Cl2N2OS. The largest absolute Gasteiger partial charge is 0.338 e. The van der Waals surface area contributed by atoms with Crippen molar-refractivity contribution in [3.63, 3.8) is 0 Å². The molecule has 1 amide bonds. The van der Waals surface area contributed by atoms with Gasteiger partial charge in [-0.2, -0.15) is 0 Å². The van der Waals surface area contributed by atoms with Gasteiger partial charge in [-0.1, -0.05) is 35.3 Å². The first-order chi connectivity index (χ1) is 12.0. The standard InChI is InChI=1S/C19H20Cl2N2OS/c20-16-7-17(21)9-18(8-16)25-12-13-2-1-3-15(6-13)19(24)23-5-4-14(10-22)11-23/h1-3,6-9,14H,4-5,10-12,22H2. The predicted octanol–water partition coefficient (Wildman–Crippen LogP) is 4.71. The van der Waals surface area contributed by atoms with Gasteiger partial charge in [-0.25, -0.2) is 0 Å². The maximum Gasteiger partial charge on any atom is 0.253 e. The molecule has 0 bridgehead atoms. The summed E-state index contributed by atoms with van der Waals surface area (Å²) in [6.45, 7) is 2.19. The molecule has 1 heterocycles. The van der Waals surface area contributed by atoms with Gasteiger partial charge in [-0.05, 0) is 54.8 Å². The summed E-state index contributed by atoms with van der Waals surface area (Å²) in [5.74, 6) is 1.27. The van der Waals surface area contributed by atoms with E-state index in [2.05, 4.69) is 0 Å². The minimum atomic E-state index is 0.0913. The molecule has 1 atom stereocenters. The van der Waals surface area contributed by atoms with E-state index in [4.69, 9.17) is 28.9 Å². The molecule has 2 aromatic carbocycles. The number of likely N-dealkylation sites (tertiary alicyclic amines) is 1. The molecule has 1 fully saturated rings. The molecule has 2 N–H and O–H groups in total. The topological polar surface area (TPSA) is 46.3 Å². The number of carbonyl (C=O) groups excluding carboxylic acids is 1. The van der Waals surface area contributed by atoms with Crippen LogP contribution < -0.4 is 5.73 Å². The van der Waals surface area contributed by atoms with Crippen molar-refractivity contribution in [2.24, 2.45) is 11.7 Å². The fourth-order valence-electron chi connectivity index (χ4n) is 2.96. The Hall–Kier alpha value is -1.20. The van der Waals surface area contributed by atoms with Crippen LogP contribution >= 0.6 is 35.0 Å². The maximum atomic E-state index is 12.7. The second-order valence-electron chi connectivity index (χ2n) is 6.24. The number of nitrogens with two attached hydrogens (primary N) is 1. The fourth-order valence-corrected chi connectivity index (χ4v) is 4.55. The average molecular weight is 395 g/mol. The lowest BCUT2D eigenvalue weighted by molar-refractivity contribution is 0.0787. The van der Waals surface area contributed by atoms with Gasteiger partial charge in [0.05, 0.1) is 0 Å². The normalized spacial score (nSPS) is 17.1. The summed E-state index contributed by atoms with van der Waals surface area (Å²) in [5.41, 5.74) is 7.55. The highest BCUT2D eigenvalue weighted by Gasteiger charge is 2.25. The number of carbonyl (C=O) groups is 1. The molecule has 25 heavy (non-hydrogen) atoms. The van der Waals surface area contributed by atoms with Crippen molar-refractivity contribution in [2.75, 3.05) is 19.6 Å². The highest BCUT2D eigenvalue weighted by atomic mass is 35.5. The molecule has 0 aromatic heterocycles. The Morgan fingerprint density at radius 2 is 1.96 bits per heavy atom. The summed E-state index contributed by atoms with van der Waals surface area (Å²) in [5, 5.41) is 1.25. The fraction of sp³-hybridized carbons (Fsp3) is 0.316. The molecule has 2 aromatic rings. The van der Waals surface area contributed by atoms with Crippen LogP contribution in [0.1, 0.15) is 22.3 Å². The van der Waals surface area contributed by atoms with Crippen molar-refractivity contribution < 1.29 is 4.79 Å². The zero-order chi connectivity index (χ0) is 17.8. The molecule has 1 aliphatic heterocycles. The number of benzene rings is 2. The zero-order valence-corrected chi connectivity index (χ0v) is 16.1. The summed E-state index contributed by atoms with van der Waals surface area (Å²) in [6.07, 6.45) is 0.993. The molecule has 1 unspecified atom stereocenters. The van der Waals surface area contributed by atoms with Crippen LogP contribution in [0.15, 0.2) is 47.4 Å². The van der Waals surface area contributed by atoms with E-state index in [0.29, 0.717) is 22.5 Å². The van der Waals surface area contributed by atoms with Crippen molar-refractivity contribution in [3.05, 3.63) is 63.6 Å². The number of halogens is 2. The Bertz CT molecular complexity index is 749. The molecule has 1 aliphatic rings. The Kier molecular flexibility index (Phi) is 6.29. The van der Waals surface area contributed by atoms with Crippen LogP contribution in [-0.2, 0) is 5.75 Å². The monoisotopic (exact) mass is 394 g/mol. The molecule has 6 heteroatoms. The van der Waals surface area contributed by atoms with Gasteiger partial charge in [0, 0.05) is 39.3 Å². The van der Waals surface area contributed by atoms with Crippen LogP contribution in [0.3, 0.4) is 0 Å². The van der Waals surface area contributed by atoms with Gasteiger partial charge in [-0.15, -0.1) is 11.8 Å². The molecule has 0 aliphatic carbocycles. The molecule has 1 saturated heterocycles. The lowest BCUT2D eigenvalue weighted by Gasteiger charge is -2.16. The molecule has 3 nitrogen and oxygen atoms in total. The maximum absolute atomic E-state index is 12.7. The van der Waals surface area contributed by atoms with Gasteiger partial charge in [0.15, 0.2) is 0 Å². The molecule has 0 saturated carbocycles. The van der Waals surface area contributed by atoms with E-state index in [1.54, 1.807) is 17.8 Å². The second kappa shape index (κ2) is 8.45. The summed E-state index contributed by atoms with van der Waals surface area (Å²) in [4.78, 5) is 15.6. The smallest absolute Gasteiger partial charge is 0.253 e. The first kappa shape index (κ1) is 18.6. The summed E-state index contributed by atoms with van der Waals surface area (Å²) >= 11 is 13.7. The first-order valence-electron chi connectivity index (χ1n) is 8.22. The van der Waals surface area contributed by atoms with Crippen molar-refractivity contribution >= 4 is 40.9 Å². The van der Waals surface area contributed by atoms with Crippen LogP contribution in [0.4, 0.5) is 0 Å². The average Bonchev–Trinajstić information content (AvgIpc) is 3.08. The second-order valence-corrected chi connectivity index (χ2v) is 8.16. The van der Waals surface area contributed by atoms with Crippen LogP contribution in [0.25, 0.3) is 0 Å². The van der Waals surface area contributed by atoms with E-state index in [-0.39, 0.29) is 5.91 Å². The van der Waals surface area contributed by atoms with Gasteiger partial charge in [0.2, 0.25) is 0 Å². The Morgan fingerprint density at radius 3 is 2.64 bits per heavy atom. The number of amides is 1. The molecule has 0 radical (unpaired) electrons. The molecule has 0 spiro atoms. The Balaban J connectivity index is 1.66. The third-order valence-electron chi connectivity index (χ3n) is 4.32. The van der Waals surface area contributed by atoms with Crippen LogP contribution in [-0.4, -0.2) is 30.4 Å². The number of hydrogen-bond donors (Lipinski definition) is 1. The van der Waals surface area contributed by atoms with Gasteiger partial charge >= 0.3 is 0 Å². The van der Waals surface area contributed by atoms with Gasteiger partial charge in [-0.3, -0.25) is 4.79 Å². The van der Waals surface area contributed by atoms with Crippen LogP contribution in [0, 0.1) is 5.92 Å². The van der Waals surface area contributed by atoms with Crippen molar-refractivity contribution in [3.8, 4) is 0 Å². The Labute approximate surface area is 162 Å². The van der Waals surface area contributed by atoms with Gasteiger partial charge < -0.3 is 10.6 Å². The molecule has 3 rings (SSSR count). The lowest BCUT2D eigenvalue weighted by Crippen LogP contribution is -2.29. The van der Waals surface area contributed by atoms with E-state index in [1.807, 2.05) is 41.3 Å². The molecular weight excluding hydrogens is 375 g/mol. The number of thioether (sulfide) groups is 1. The highest BCUT2D eigenvalue weighted by molar-refractivity contribution is 7.98. The van der Waals surface area contributed by atoms with E-state index >= 15 is 0 Å². The third-order valence-corrected chi connectivity index (χ3v) is 5.81. The van der Waals surface area contributed by atoms with Crippen molar-refractivity contribution in [1.82, 2.24) is 4.90 Å². The summed E-state index contributed by atoms with van der Waals surface area (Å²) < 4.78 is 0. The van der Waals surface area contributed by atoms with E-state index < -0.39 is 0 Å². The lowest BCUT2D eigenvalue weighted by atomic mass is 10.1. The van der Waals surface area contributed by atoms with E-state index in [0.717, 1.165) is 41.3 Å². The minimum Gasteiger partial charge on any atom is -0.338 e. The van der Waals surface area contributed by atoms with Crippen LogP contribution in [0.5, 0.6) is 0 Å². The summed E-state index contributed by atoms with van der Waals surface area (Å²) in [7, 11) is 0. The minimum absolute atomic E-state index is 0.0913. The number of nitrogens with zero attached hydrogens (tertiary/aromatic N) is 1. The van der Waals surface area contributed by atoms with Crippen LogP contribution in [0.2, 0.25) is 10.0 Å². The van der Waals surface area contributed by atoms with Crippen molar-refractivity contribution in [2.45, 2.75) is 17.1 Å².